The van der Waals surface area contributed by atoms with Crippen molar-refractivity contribution in [3.8, 4) is 23.0 Å². The minimum Gasteiger partial charge on any atom is -0.493 e. The molecule has 1 aromatic heterocycles. The molecule has 0 aliphatic carbocycles. The van der Waals surface area contributed by atoms with Gasteiger partial charge in [0.05, 0.1) is 25.3 Å². The molecular formula is C22H21N3O5S. The lowest BCUT2D eigenvalue weighted by molar-refractivity contribution is 0.0652. The maximum absolute atomic E-state index is 12.4. The number of rotatable bonds is 9. The minimum atomic E-state index is -0.218. The van der Waals surface area contributed by atoms with E-state index in [9.17, 15) is 9.59 Å². The maximum Gasteiger partial charge on any atom is 0.276 e. The number of fused-ring (bicyclic) bond motifs is 1. The molecule has 0 bridgehead atoms. The summed E-state index contributed by atoms with van der Waals surface area (Å²) in [4.78, 5) is 26.0. The summed E-state index contributed by atoms with van der Waals surface area (Å²) >= 11 is 1.44. The average molecular weight is 439 g/mol. The van der Waals surface area contributed by atoms with E-state index >= 15 is 0 Å². The third-order valence-electron chi connectivity index (χ3n) is 4.92. The number of ether oxygens (including phenoxy) is 2. The Morgan fingerprint density at radius 1 is 0.935 bits per heavy atom. The molecule has 3 aromatic rings. The van der Waals surface area contributed by atoms with Gasteiger partial charge in [-0.3, -0.25) is 14.5 Å². The predicted octanol–water partition coefficient (Wildman–Crippen LogP) is 3.92. The summed E-state index contributed by atoms with van der Waals surface area (Å²) in [7, 11) is 3.14. The first-order chi connectivity index (χ1) is 15.1. The van der Waals surface area contributed by atoms with Crippen molar-refractivity contribution in [3.63, 3.8) is 0 Å². The number of methoxy groups -OCH3 is 2. The molecule has 0 N–H and O–H groups in total. The third-order valence-corrected chi connectivity index (χ3v) is 5.82. The molecule has 0 spiro atoms. The summed E-state index contributed by atoms with van der Waals surface area (Å²) in [5, 5.41) is 8.63. The average Bonchev–Trinajstić information content (AvgIpc) is 3.37. The number of carbonyl (C=O) groups excluding carboxylic acids is 2. The SMILES string of the molecule is COc1ccc(-c2nnc(SCCCCN3C(=O)c4ccccc4C3=O)o2)cc1OC. The van der Waals surface area contributed by atoms with E-state index in [1.54, 1.807) is 50.6 Å². The van der Waals surface area contributed by atoms with E-state index < -0.39 is 0 Å². The summed E-state index contributed by atoms with van der Waals surface area (Å²) in [6.45, 7) is 0.396. The first kappa shape index (κ1) is 20.9. The van der Waals surface area contributed by atoms with Crippen LogP contribution in [-0.4, -0.2) is 53.4 Å². The van der Waals surface area contributed by atoms with E-state index in [4.69, 9.17) is 13.9 Å². The van der Waals surface area contributed by atoms with Gasteiger partial charge in [0.15, 0.2) is 11.5 Å². The standard InChI is InChI=1S/C22H21N3O5S/c1-28-17-10-9-14(13-18(17)29-2)19-23-24-22(30-19)31-12-6-5-11-25-20(26)15-7-3-4-8-16(15)21(25)27/h3-4,7-10,13H,5-6,11-12H2,1-2H3. The van der Waals surface area contributed by atoms with Crippen molar-refractivity contribution in [2.75, 3.05) is 26.5 Å². The highest BCUT2D eigenvalue weighted by molar-refractivity contribution is 7.99. The number of aromatic nitrogens is 2. The Balaban J connectivity index is 1.27. The summed E-state index contributed by atoms with van der Waals surface area (Å²) in [5.74, 6) is 1.90. The van der Waals surface area contributed by atoms with E-state index in [0.29, 0.717) is 46.7 Å². The van der Waals surface area contributed by atoms with Crippen LogP contribution in [0.4, 0.5) is 0 Å². The number of hydrogen-bond acceptors (Lipinski definition) is 8. The monoisotopic (exact) mass is 439 g/mol. The molecule has 2 heterocycles. The molecule has 1 aliphatic rings. The Morgan fingerprint density at radius 3 is 2.32 bits per heavy atom. The van der Waals surface area contributed by atoms with Gasteiger partial charge in [-0.25, -0.2) is 0 Å². The molecule has 1 aliphatic heterocycles. The van der Waals surface area contributed by atoms with Gasteiger partial charge in [-0.05, 0) is 43.2 Å². The molecule has 0 radical (unpaired) electrons. The van der Waals surface area contributed by atoms with E-state index in [1.807, 2.05) is 6.07 Å². The van der Waals surface area contributed by atoms with Crippen LogP contribution in [0.25, 0.3) is 11.5 Å². The maximum atomic E-state index is 12.4. The highest BCUT2D eigenvalue weighted by Gasteiger charge is 2.34. The third kappa shape index (κ3) is 4.27. The predicted molar refractivity (Wildman–Crippen MR) is 115 cm³/mol. The van der Waals surface area contributed by atoms with E-state index in [0.717, 1.165) is 17.7 Å². The number of benzene rings is 2. The lowest BCUT2D eigenvalue weighted by Gasteiger charge is -2.13. The van der Waals surface area contributed by atoms with Crippen LogP contribution in [-0.2, 0) is 0 Å². The molecule has 9 heteroatoms. The summed E-state index contributed by atoms with van der Waals surface area (Å²) < 4.78 is 16.3. The summed E-state index contributed by atoms with van der Waals surface area (Å²) in [6.07, 6.45) is 1.50. The van der Waals surface area contributed by atoms with Gasteiger partial charge in [-0.15, -0.1) is 10.2 Å². The minimum absolute atomic E-state index is 0.218. The Bertz CT molecular complexity index is 1080. The van der Waals surface area contributed by atoms with Gasteiger partial charge in [0, 0.05) is 17.9 Å². The number of imide groups is 1. The van der Waals surface area contributed by atoms with Crippen LogP contribution in [0.2, 0.25) is 0 Å². The molecule has 0 atom stereocenters. The molecule has 0 saturated heterocycles. The number of amides is 2. The quantitative estimate of drug-likeness (QED) is 0.281. The molecule has 0 saturated carbocycles. The zero-order valence-electron chi connectivity index (χ0n) is 17.2. The van der Waals surface area contributed by atoms with Gasteiger partial charge in [-0.2, -0.15) is 0 Å². The number of nitrogens with zero attached hydrogens (tertiary/aromatic N) is 3. The Morgan fingerprint density at radius 2 is 1.65 bits per heavy atom. The molecular weight excluding hydrogens is 418 g/mol. The van der Waals surface area contributed by atoms with Crippen molar-refractivity contribution in [1.82, 2.24) is 15.1 Å². The fourth-order valence-electron chi connectivity index (χ4n) is 3.33. The second kappa shape index (κ2) is 9.22. The zero-order valence-corrected chi connectivity index (χ0v) is 18.0. The summed E-state index contributed by atoms with van der Waals surface area (Å²) in [5.41, 5.74) is 1.70. The molecule has 160 valence electrons. The number of thioether (sulfide) groups is 1. The van der Waals surface area contributed by atoms with Crippen LogP contribution in [0, 0.1) is 0 Å². The van der Waals surface area contributed by atoms with Crippen molar-refractivity contribution < 1.29 is 23.5 Å². The van der Waals surface area contributed by atoms with Crippen LogP contribution >= 0.6 is 11.8 Å². The Labute approximate surface area is 183 Å². The van der Waals surface area contributed by atoms with Gasteiger partial charge < -0.3 is 13.9 Å². The molecule has 8 nitrogen and oxygen atoms in total. The smallest absolute Gasteiger partial charge is 0.276 e. The van der Waals surface area contributed by atoms with Gasteiger partial charge in [-0.1, -0.05) is 23.9 Å². The number of carbonyl (C=O) groups is 2. The van der Waals surface area contributed by atoms with Crippen molar-refractivity contribution in [2.45, 2.75) is 18.1 Å². The second-order valence-electron chi connectivity index (χ2n) is 6.81. The first-order valence-corrected chi connectivity index (χ1v) is 10.7. The highest BCUT2D eigenvalue weighted by atomic mass is 32.2. The second-order valence-corrected chi connectivity index (χ2v) is 7.85. The van der Waals surface area contributed by atoms with Crippen LogP contribution in [0.15, 0.2) is 52.1 Å². The van der Waals surface area contributed by atoms with Gasteiger partial charge in [0.2, 0.25) is 5.89 Å². The molecule has 4 rings (SSSR count). The van der Waals surface area contributed by atoms with Crippen LogP contribution < -0.4 is 9.47 Å². The highest BCUT2D eigenvalue weighted by Crippen LogP contribution is 2.32. The topological polar surface area (TPSA) is 94.8 Å². The Kier molecular flexibility index (Phi) is 6.22. The number of unbranched alkanes of at least 4 members (excludes halogenated alkanes) is 1. The number of hydrogen-bond donors (Lipinski definition) is 0. The van der Waals surface area contributed by atoms with Crippen LogP contribution in [0.3, 0.4) is 0 Å². The van der Waals surface area contributed by atoms with Gasteiger partial charge in [0.1, 0.15) is 0 Å². The zero-order chi connectivity index (χ0) is 21.8. The molecule has 0 fully saturated rings. The lowest BCUT2D eigenvalue weighted by Crippen LogP contribution is -2.30. The van der Waals surface area contributed by atoms with Gasteiger partial charge in [0.25, 0.3) is 17.0 Å². The fourth-order valence-corrected chi connectivity index (χ4v) is 4.09. The van der Waals surface area contributed by atoms with E-state index in [1.165, 1.54) is 16.7 Å². The normalized spacial score (nSPS) is 12.9. The van der Waals surface area contributed by atoms with Crippen molar-refractivity contribution in [1.29, 1.82) is 0 Å². The molecule has 2 aromatic carbocycles. The molecule has 2 amide bonds. The van der Waals surface area contributed by atoms with Crippen molar-refractivity contribution in [2.24, 2.45) is 0 Å². The van der Waals surface area contributed by atoms with Crippen LogP contribution in [0.5, 0.6) is 11.5 Å². The van der Waals surface area contributed by atoms with Gasteiger partial charge >= 0.3 is 0 Å². The molecule has 0 unspecified atom stereocenters. The lowest BCUT2D eigenvalue weighted by atomic mass is 10.1. The first-order valence-electron chi connectivity index (χ1n) is 9.76. The summed E-state index contributed by atoms with van der Waals surface area (Å²) in [6, 6.07) is 12.3. The van der Waals surface area contributed by atoms with Crippen molar-refractivity contribution >= 4 is 23.6 Å². The Hall–Kier alpha value is -3.33. The van der Waals surface area contributed by atoms with E-state index in [2.05, 4.69) is 10.2 Å². The largest absolute Gasteiger partial charge is 0.493 e. The van der Waals surface area contributed by atoms with E-state index in [-0.39, 0.29) is 11.8 Å². The van der Waals surface area contributed by atoms with Crippen LogP contribution in [0.1, 0.15) is 33.6 Å². The fraction of sp³-hybridized carbons (Fsp3) is 0.273. The molecule has 31 heavy (non-hydrogen) atoms. The van der Waals surface area contributed by atoms with Crippen molar-refractivity contribution in [3.05, 3.63) is 53.6 Å².